The Balaban J connectivity index is 1.57. The molecule has 2 aromatic rings. The average Bonchev–Trinajstić information content (AvgIpc) is 2.64. The van der Waals surface area contributed by atoms with Crippen LogP contribution in [0, 0.1) is 16.4 Å². The molecule has 0 saturated carbocycles. The molecule has 1 heterocycles. The van der Waals surface area contributed by atoms with Crippen LogP contribution >= 0.6 is 22.6 Å². The molecule has 0 spiro atoms. The van der Waals surface area contributed by atoms with Gasteiger partial charge in [0.2, 0.25) is 5.91 Å². The molecule has 0 aromatic heterocycles. The third kappa shape index (κ3) is 4.39. The summed E-state index contributed by atoms with van der Waals surface area (Å²) in [5.74, 6) is 0.157. The zero-order valence-corrected chi connectivity index (χ0v) is 16.3. The van der Waals surface area contributed by atoms with Crippen LogP contribution in [-0.2, 0) is 4.79 Å². The van der Waals surface area contributed by atoms with Gasteiger partial charge in [-0.25, -0.2) is 0 Å². The number of aryl methyl sites for hydroxylation is 1. The third-order valence-corrected chi connectivity index (χ3v) is 5.38. The molecule has 0 radical (unpaired) electrons. The van der Waals surface area contributed by atoms with Crippen LogP contribution in [0.3, 0.4) is 0 Å². The summed E-state index contributed by atoms with van der Waals surface area (Å²) in [5.41, 5.74) is 3.79. The van der Waals surface area contributed by atoms with E-state index in [2.05, 4.69) is 38.9 Å². The Morgan fingerprint density at radius 1 is 1.16 bits per heavy atom. The van der Waals surface area contributed by atoms with E-state index in [-0.39, 0.29) is 11.8 Å². The van der Waals surface area contributed by atoms with Crippen molar-refractivity contribution in [2.24, 2.45) is 5.92 Å². The van der Waals surface area contributed by atoms with Crippen molar-refractivity contribution in [3.63, 3.8) is 0 Å². The number of halogens is 1. The molecule has 5 heteroatoms. The predicted octanol–water partition coefficient (Wildman–Crippen LogP) is 4.27. The molecule has 1 N–H and O–H groups in total. The highest BCUT2D eigenvalue weighted by molar-refractivity contribution is 14.1. The second-order valence-electron chi connectivity index (χ2n) is 6.42. The molecule has 1 aliphatic rings. The number of amides is 1. The second-order valence-corrected chi connectivity index (χ2v) is 7.66. The van der Waals surface area contributed by atoms with Crippen molar-refractivity contribution in [3.8, 4) is 0 Å². The van der Waals surface area contributed by atoms with Crippen molar-refractivity contribution >= 4 is 46.2 Å². The topological polar surface area (TPSA) is 49.4 Å². The molecule has 2 aromatic carbocycles. The number of hydrogen-bond acceptors (Lipinski definition) is 3. The predicted molar refractivity (Wildman–Crippen MR) is 109 cm³/mol. The van der Waals surface area contributed by atoms with Gasteiger partial charge in [0, 0.05) is 39.5 Å². The quantitative estimate of drug-likeness (QED) is 0.562. The molecule has 1 amide bonds. The van der Waals surface area contributed by atoms with Crippen LogP contribution in [0.4, 0.5) is 11.4 Å². The van der Waals surface area contributed by atoms with E-state index in [1.165, 1.54) is 3.57 Å². The second kappa shape index (κ2) is 7.99. The fourth-order valence-corrected chi connectivity index (χ4v) is 3.81. The van der Waals surface area contributed by atoms with Gasteiger partial charge in [0.15, 0.2) is 0 Å². The van der Waals surface area contributed by atoms with Crippen molar-refractivity contribution in [2.75, 3.05) is 23.3 Å². The molecular weight excluding hydrogens is 427 g/mol. The van der Waals surface area contributed by atoms with Crippen LogP contribution in [0.15, 0.2) is 42.5 Å². The molecule has 0 aliphatic carbocycles. The van der Waals surface area contributed by atoms with Gasteiger partial charge in [-0.2, -0.15) is 0 Å². The number of hydrogen-bond donors (Lipinski definition) is 1. The van der Waals surface area contributed by atoms with Crippen molar-refractivity contribution in [1.29, 1.82) is 0 Å². The largest absolute Gasteiger partial charge is 0.371 e. The lowest BCUT2D eigenvalue weighted by Crippen LogP contribution is -2.38. The number of rotatable bonds is 4. The summed E-state index contributed by atoms with van der Waals surface area (Å²) >= 11 is 2.27. The van der Waals surface area contributed by atoms with Gasteiger partial charge in [-0.05, 0) is 90.4 Å². The van der Waals surface area contributed by atoms with E-state index in [1.807, 2.05) is 43.3 Å². The first-order valence-electron chi connectivity index (χ1n) is 8.44. The number of anilines is 2. The summed E-state index contributed by atoms with van der Waals surface area (Å²) in [6.45, 7) is 3.72. The molecule has 25 heavy (non-hydrogen) atoms. The van der Waals surface area contributed by atoms with Gasteiger partial charge in [-0.15, -0.1) is 0 Å². The van der Waals surface area contributed by atoms with Gasteiger partial charge in [0.1, 0.15) is 6.29 Å². The smallest absolute Gasteiger partial charge is 0.227 e. The van der Waals surface area contributed by atoms with Gasteiger partial charge >= 0.3 is 0 Å². The van der Waals surface area contributed by atoms with Gasteiger partial charge in [-0.1, -0.05) is 0 Å². The number of nitrogens with one attached hydrogen (secondary N) is 1. The normalized spacial score (nSPS) is 15.0. The first kappa shape index (κ1) is 17.9. The minimum absolute atomic E-state index is 0.0455. The summed E-state index contributed by atoms with van der Waals surface area (Å²) in [6.07, 6.45) is 2.53. The highest BCUT2D eigenvalue weighted by atomic mass is 127. The fourth-order valence-electron chi connectivity index (χ4n) is 3.17. The molecule has 0 bridgehead atoms. The van der Waals surface area contributed by atoms with E-state index in [0.717, 1.165) is 49.2 Å². The number of carbonyl (C=O) groups excluding carboxylic acids is 2. The van der Waals surface area contributed by atoms with E-state index in [4.69, 9.17) is 0 Å². The van der Waals surface area contributed by atoms with Crippen molar-refractivity contribution < 1.29 is 9.59 Å². The summed E-state index contributed by atoms with van der Waals surface area (Å²) in [5, 5.41) is 3.08. The SMILES string of the molecule is Cc1cc(I)ccc1NC(=O)C1CCN(c2ccc(C=O)cc2)CC1. The molecule has 1 fully saturated rings. The van der Waals surface area contributed by atoms with Crippen LogP contribution in [0.1, 0.15) is 28.8 Å². The number of benzene rings is 2. The first-order chi connectivity index (χ1) is 12.1. The zero-order valence-electron chi connectivity index (χ0n) is 14.2. The van der Waals surface area contributed by atoms with Crippen LogP contribution in [0.5, 0.6) is 0 Å². The highest BCUT2D eigenvalue weighted by Crippen LogP contribution is 2.25. The van der Waals surface area contributed by atoms with E-state index in [0.29, 0.717) is 5.56 Å². The van der Waals surface area contributed by atoms with Crippen molar-refractivity contribution in [1.82, 2.24) is 0 Å². The lowest BCUT2D eigenvalue weighted by atomic mass is 9.95. The lowest BCUT2D eigenvalue weighted by Gasteiger charge is -2.33. The first-order valence-corrected chi connectivity index (χ1v) is 9.52. The van der Waals surface area contributed by atoms with Gasteiger partial charge in [0.05, 0.1) is 0 Å². The minimum atomic E-state index is 0.0455. The molecular formula is C20H21IN2O2. The zero-order chi connectivity index (χ0) is 17.8. The molecule has 1 aliphatic heterocycles. The fraction of sp³-hybridized carbons (Fsp3) is 0.300. The Kier molecular flexibility index (Phi) is 5.73. The number of nitrogens with zero attached hydrogens (tertiary/aromatic N) is 1. The van der Waals surface area contributed by atoms with Crippen LogP contribution in [0.25, 0.3) is 0 Å². The average molecular weight is 448 g/mol. The standard InChI is InChI=1S/C20H21IN2O2/c1-14-12-17(21)4-7-19(14)22-20(25)16-8-10-23(11-9-16)18-5-2-15(13-24)3-6-18/h2-7,12-13,16H,8-11H2,1H3,(H,22,25). The van der Waals surface area contributed by atoms with E-state index in [9.17, 15) is 9.59 Å². The Hall–Kier alpha value is -1.89. The highest BCUT2D eigenvalue weighted by Gasteiger charge is 2.25. The van der Waals surface area contributed by atoms with E-state index in [1.54, 1.807) is 0 Å². The molecule has 4 nitrogen and oxygen atoms in total. The monoisotopic (exact) mass is 448 g/mol. The molecule has 3 rings (SSSR count). The molecule has 1 saturated heterocycles. The van der Waals surface area contributed by atoms with Gasteiger partial charge < -0.3 is 10.2 Å². The summed E-state index contributed by atoms with van der Waals surface area (Å²) in [7, 11) is 0. The van der Waals surface area contributed by atoms with Crippen LogP contribution in [-0.4, -0.2) is 25.3 Å². The van der Waals surface area contributed by atoms with Gasteiger partial charge in [0.25, 0.3) is 0 Å². The molecule has 0 atom stereocenters. The Morgan fingerprint density at radius 2 is 1.84 bits per heavy atom. The van der Waals surface area contributed by atoms with E-state index >= 15 is 0 Å². The summed E-state index contributed by atoms with van der Waals surface area (Å²) < 4.78 is 1.17. The van der Waals surface area contributed by atoms with Crippen molar-refractivity contribution in [2.45, 2.75) is 19.8 Å². The van der Waals surface area contributed by atoms with E-state index < -0.39 is 0 Å². The molecule has 130 valence electrons. The Labute approximate surface area is 161 Å². The maximum absolute atomic E-state index is 12.6. The number of piperidine rings is 1. The molecule has 0 unspecified atom stereocenters. The summed E-state index contributed by atoms with van der Waals surface area (Å²) in [4.78, 5) is 25.6. The van der Waals surface area contributed by atoms with Crippen molar-refractivity contribution in [3.05, 3.63) is 57.2 Å². The van der Waals surface area contributed by atoms with Gasteiger partial charge in [-0.3, -0.25) is 9.59 Å². The maximum Gasteiger partial charge on any atom is 0.227 e. The maximum atomic E-state index is 12.6. The summed E-state index contributed by atoms with van der Waals surface area (Å²) in [6, 6.07) is 13.7. The van der Waals surface area contributed by atoms with Crippen LogP contribution < -0.4 is 10.2 Å². The third-order valence-electron chi connectivity index (χ3n) is 4.71. The number of aldehydes is 1. The van der Waals surface area contributed by atoms with Crippen LogP contribution in [0.2, 0.25) is 0 Å². The Morgan fingerprint density at radius 3 is 2.44 bits per heavy atom. The Bertz CT molecular complexity index is 766. The minimum Gasteiger partial charge on any atom is -0.371 e. The lowest BCUT2D eigenvalue weighted by molar-refractivity contribution is -0.120. The number of carbonyl (C=O) groups is 2.